The van der Waals surface area contributed by atoms with E-state index >= 15 is 0 Å². The third kappa shape index (κ3) is 3.65. The lowest BCUT2D eigenvalue weighted by Crippen LogP contribution is -2.63. The average molecular weight is 521 g/mol. The van der Waals surface area contributed by atoms with Crippen LogP contribution in [0.25, 0.3) is 0 Å². The van der Waals surface area contributed by atoms with E-state index in [2.05, 4.69) is 0 Å². The molecule has 8 nitrogen and oxygen atoms in total. The van der Waals surface area contributed by atoms with Crippen LogP contribution < -0.4 is 0 Å². The number of hydrogen-bond donors (Lipinski definition) is 5. The zero-order valence-electron chi connectivity index (χ0n) is 22.7. The maximum atomic E-state index is 13.4. The van der Waals surface area contributed by atoms with Crippen molar-refractivity contribution in [1.29, 1.82) is 0 Å². The fraction of sp³-hybridized carbons (Fsp3) is 0.862. The largest absolute Gasteiger partial charge is 0.459 e. The molecular formula is C29H44O8. The van der Waals surface area contributed by atoms with Crippen LogP contribution in [0.4, 0.5) is 0 Å². The lowest BCUT2D eigenvalue weighted by molar-refractivity contribution is -0.210. The van der Waals surface area contributed by atoms with Gasteiger partial charge in [-0.25, -0.2) is 0 Å². The van der Waals surface area contributed by atoms with Crippen molar-refractivity contribution in [3.8, 4) is 0 Å². The molecule has 13 atom stereocenters. The van der Waals surface area contributed by atoms with E-state index < -0.39 is 70.2 Å². The highest BCUT2D eigenvalue weighted by Gasteiger charge is 2.69. The summed E-state index contributed by atoms with van der Waals surface area (Å²) in [6, 6.07) is 0. The Labute approximate surface area is 219 Å². The first-order valence-corrected chi connectivity index (χ1v) is 14.0. The quantitative estimate of drug-likeness (QED) is 0.355. The van der Waals surface area contributed by atoms with Gasteiger partial charge in [0, 0.05) is 17.3 Å². The second kappa shape index (κ2) is 8.59. The maximum absolute atomic E-state index is 13.4. The molecule has 5 N–H and O–H groups in total. The first-order chi connectivity index (χ1) is 17.1. The van der Waals surface area contributed by atoms with Crippen molar-refractivity contribution < 1.29 is 39.9 Å². The summed E-state index contributed by atoms with van der Waals surface area (Å²) in [6.45, 7) is 9.07. The van der Waals surface area contributed by atoms with Gasteiger partial charge in [0.1, 0.15) is 11.7 Å². The highest BCUT2D eigenvalue weighted by molar-refractivity contribution is 5.95. The van der Waals surface area contributed by atoms with Crippen LogP contribution in [0.2, 0.25) is 0 Å². The van der Waals surface area contributed by atoms with E-state index in [-0.39, 0.29) is 24.0 Å². The Bertz CT molecular complexity index is 1000. The molecule has 4 fully saturated rings. The van der Waals surface area contributed by atoms with Crippen LogP contribution in [0.5, 0.6) is 0 Å². The van der Waals surface area contributed by atoms with Crippen molar-refractivity contribution in [2.75, 3.05) is 0 Å². The third-order valence-electron chi connectivity index (χ3n) is 11.9. The number of carbonyl (C=O) groups is 2. The van der Waals surface area contributed by atoms with E-state index in [1.807, 2.05) is 13.8 Å². The summed E-state index contributed by atoms with van der Waals surface area (Å²) in [5.41, 5.74) is -3.37. The van der Waals surface area contributed by atoms with Gasteiger partial charge in [0.2, 0.25) is 0 Å². The zero-order chi connectivity index (χ0) is 27.3. The highest BCUT2D eigenvalue weighted by Crippen LogP contribution is 2.68. The molecule has 0 aromatic carbocycles. The molecule has 208 valence electrons. The van der Waals surface area contributed by atoms with Crippen LogP contribution in [0.3, 0.4) is 0 Å². The highest BCUT2D eigenvalue weighted by atomic mass is 16.6. The molecule has 0 radical (unpaired) electrons. The fourth-order valence-electron chi connectivity index (χ4n) is 9.43. The second-order valence-electron chi connectivity index (χ2n) is 13.7. The molecule has 0 spiro atoms. The average Bonchev–Trinajstić information content (AvgIpc) is 3.09. The number of cyclic esters (lactones) is 1. The molecule has 37 heavy (non-hydrogen) atoms. The summed E-state index contributed by atoms with van der Waals surface area (Å²) in [5, 5.41) is 55.5. The van der Waals surface area contributed by atoms with Gasteiger partial charge >= 0.3 is 5.97 Å². The molecule has 8 heteroatoms. The van der Waals surface area contributed by atoms with Crippen molar-refractivity contribution in [3.05, 3.63) is 11.6 Å². The van der Waals surface area contributed by atoms with Crippen molar-refractivity contribution in [2.24, 2.45) is 40.4 Å². The first-order valence-electron chi connectivity index (χ1n) is 14.0. The molecule has 5 rings (SSSR count). The Balaban J connectivity index is 1.48. The van der Waals surface area contributed by atoms with E-state index in [1.54, 1.807) is 26.8 Å². The number of esters is 1. The van der Waals surface area contributed by atoms with Crippen molar-refractivity contribution in [3.63, 3.8) is 0 Å². The number of aliphatic hydroxyl groups is 5. The number of rotatable bonds is 3. The number of fused-ring (bicyclic) bond motifs is 5. The summed E-state index contributed by atoms with van der Waals surface area (Å²) in [6.07, 6.45) is 1.29. The Morgan fingerprint density at radius 3 is 2.41 bits per heavy atom. The zero-order valence-corrected chi connectivity index (χ0v) is 22.7. The van der Waals surface area contributed by atoms with Crippen LogP contribution in [-0.2, 0) is 14.3 Å². The monoisotopic (exact) mass is 520 g/mol. The fourth-order valence-corrected chi connectivity index (χ4v) is 9.43. The summed E-state index contributed by atoms with van der Waals surface area (Å²) in [7, 11) is 0. The molecule has 1 aliphatic heterocycles. The molecule has 3 saturated carbocycles. The van der Waals surface area contributed by atoms with Crippen LogP contribution in [0, 0.1) is 40.4 Å². The van der Waals surface area contributed by atoms with Crippen LogP contribution in [0.1, 0.15) is 79.6 Å². The van der Waals surface area contributed by atoms with Gasteiger partial charge in [-0.05, 0) is 87.7 Å². The Kier molecular flexibility index (Phi) is 6.33. The van der Waals surface area contributed by atoms with Gasteiger partial charge in [-0.2, -0.15) is 0 Å². The molecule has 0 unspecified atom stereocenters. The van der Waals surface area contributed by atoms with E-state index in [0.29, 0.717) is 44.1 Å². The summed E-state index contributed by atoms with van der Waals surface area (Å²) >= 11 is 0. The third-order valence-corrected chi connectivity index (χ3v) is 11.9. The molecular weight excluding hydrogens is 476 g/mol. The normalized spacial score (nSPS) is 52.2. The predicted molar refractivity (Wildman–Crippen MR) is 134 cm³/mol. The molecule has 1 heterocycles. The molecule has 1 saturated heterocycles. The van der Waals surface area contributed by atoms with Crippen molar-refractivity contribution in [2.45, 2.75) is 115 Å². The minimum Gasteiger partial charge on any atom is -0.459 e. The van der Waals surface area contributed by atoms with E-state index in [1.165, 1.54) is 0 Å². The van der Waals surface area contributed by atoms with Gasteiger partial charge in [0.25, 0.3) is 0 Å². The number of ether oxygens (including phenoxy) is 1. The molecule has 0 aromatic heterocycles. The molecule has 0 bridgehead atoms. The van der Waals surface area contributed by atoms with Gasteiger partial charge in [-0.1, -0.05) is 20.8 Å². The van der Waals surface area contributed by atoms with Gasteiger partial charge in [-0.3, -0.25) is 9.59 Å². The van der Waals surface area contributed by atoms with Crippen molar-refractivity contribution >= 4 is 11.8 Å². The summed E-state index contributed by atoms with van der Waals surface area (Å²) < 4.78 is 5.74. The predicted octanol–water partition coefficient (Wildman–Crippen LogP) is 1.89. The lowest BCUT2D eigenvalue weighted by Gasteiger charge is -2.61. The van der Waals surface area contributed by atoms with Gasteiger partial charge in [-0.15, -0.1) is 0 Å². The number of hydrogen-bond acceptors (Lipinski definition) is 8. The summed E-state index contributed by atoms with van der Waals surface area (Å²) in [5.74, 6) is -2.22. The topological polar surface area (TPSA) is 145 Å². The van der Waals surface area contributed by atoms with E-state index in [4.69, 9.17) is 4.74 Å². The Morgan fingerprint density at radius 1 is 1.08 bits per heavy atom. The Morgan fingerprint density at radius 2 is 1.76 bits per heavy atom. The molecule has 5 aliphatic rings. The second-order valence-corrected chi connectivity index (χ2v) is 13.7. The van der Waals surface area contributed by atoms with E-state index in [9.17, 15) is 35.1 Å². The maximum Gasteiger partial charge on any atom is 0.309 e. The molecule has 0 amide bonds. The number of aliphatic hydroxyl groups excluding tert-OH is 3. The van der Waals surface area contributed by atoms with E-state index in [0.717, 1.165) is 0 Å². The van der Waals surface area contributed by atoms with Crippen molar-refractivity contribution in [1.82, 2.24) is 0 Å². The molecule has 4 aliphatic carbocycles. The number of carbonyl (C=O) groups excluding carboxylic acids is 2. The number of allylic oxidation sites excluding steroid dienone is 1. The number of ketones is 1. The molecule has 0 aromatic rings. The minimum atomic E-state index is -1.44. The summed E-state index contributed by atoms with van der Waals surface area (Å²) in [4.78, 5) is 26.0. The van der Waals surface area contributed by atoms with Gasteiger partial charge < -0.3 is 30.3 Å². The first kappa shape index (κ1) is 27.3. The van der Waals surface area contributed by atoms with Gasteiger partial charge in [0.15, 0.2) is 5.78 Å². The Hall–Kier alpha value is -1.32. The SMILES string of the molecule is C[C@H](O)[C@@H]1C[C@@H]([C@@](C)(O)[C@@H]2CC[C@]3(O)C4=CC(=O)[C@H]5C[C@H](O)[C@H](O)C[C@@]5(C)[C@@H]4CC[C@@]23C)OC(=O)[C@@H]1C. The smallest absolute Gasteiger partial charge is 0.309 e. The minimum absolute atomic E-state index is 0.105. The van der Waals surface area contributed by atoms with Crippen LogP contribution >= 0.6 is 0 Å². The standard InChI is InChI=1S/C29H44O8/c1-14-16(15(2)30)10-24(37-25(14)34)28(5,35)23-7-9-29(36)18-11-20(31)19-12-21(32)22(33)13-26(19,3)17(18)6-8-27(23,29)4/h11,14-17,19,21-24,30,32-33,35-36H,6-10,12-13H2,1-5H3/t14-,15+,16-,17-,19-,21+,22-,23-,24+,26+,27+,28+,29+/m1/s1. The lowest BCUT2D eigenvalue weighted by atomic mass is 9.45. The van der Waals surface area contributed by atoms with Gasteiger partial charge in [0.05, 0.1) is 29.8 Å². The van der Waals surface area contributed by atoms with Crippen LogP contribution in [0.15, 0.2) is 11.6 Å². The van der Waals surface area contributed by atoms with Crippen LogP contribution in [-0.4, -0.2) is 72.9 Å².